The lowest BCUT2D eigenvalue weighted by Crippen LogP contribution is -2.10. The number of unbranched alkanes of at least 4 members (excludes halogenated alkanes) is 2. The second-order valence-electron chi connectivity index (χ2n) is 8.21. The molecule has 146 valence electrons. The Labute approximate surface area is 157 Å². The summed E-state index contributed by atoms with van der Waals surface area (Å²) in [6, 6.07) is 0. The van der Waals surface area contributed by atoms with E-state index < -0.39 is 0 Å². The van der Waals surface area contributed by atoms with Crippen molar-refractivity contribution in [2.45, 2.75) is 92.9 Å². The molecule has 0 amide bonds. The fraction of sp³-hybridized carbons (Fsp3) is 0.750. The van der Waals surface area contributed by atoms with E-state index in [4.69, 9.17) is 0 Å². The molecule has 0 saturated carbocycles. The molecule has 4 unspecified atom stereocenters. The second-order valence-corrected chi connectivity index (χ2v) is 8.21. The van der Waals surface area contributed by atoms with E-state index >= 15 is 0 Å². The molecule has 0 aromatic rings. The van der Waals surface area contributed by atoms with E-state index in [-0.39, 0.29) is 11.7 Å². The summed E-state index contributed by atoms with van der Waals surface area (Å²) < 4.78 is 14.5. The molecular weight excluding hydrogens is 307 g/mol. The highest BCUT2D eigenvalue weighted by molar-refractivity contribution is 5.32. The van der Waals surface area contributed by atoms with E-state index in [0.29, 0.717) is 17.4 Å². The van der Waals surface area contributed by atoms with Crippen LogP contribution in [0, 0.1) is 23.7 Å². The van der Waals surface area contributed by atoms with Crippen molar-refractivity contribution in [3.05, 3.63) is 36.2 Å². The predicted molar refractivity (Wildman–Crippen MR) is 112 cm³/mol. The highest BCUT2D eigenvalue weighted by Crippen LogP contribution is 2.30. The van der Waals surface area contributed by atoms with Gasteiger partial charge in [0.2, 0.25) is 0 Å². The van der Waals surface area contributed by atoms with Gasteiger partial charge in [-0.25, -0.2) is 4.39 Å². The molecule has 0 aromatic carbocycles. The molecule has 0 radical (unpaired) electrons. The molecular formula is C24H43F. The zero-order valence-corrected chi connectivity index (χ0v) is 17.8. The molecule has 0 aliphatic heterocycles. The van der Waals surface area contributed by atoms with Gasteiger partial charge in [0.05, 0.1) is 0 Å². The first-order chi connectivity index (χ1) is 11.7. The summed E-state index contributed by atoms with van der Waals surface area (Å²) >= 11 is 0. The average Bonchev–Trinajstić information content (AvgIpc) is 2.60. The van der Waals surface area contributed by atoms with E-state index in [2.05, 4.69) is 54.7 Å². The van der Waals surface area contributed by atoms with Crippen LogP contribution in [-0.4, -0.2) is 0 Å². The number of hydrogen-bond acceptors (Lipinski definition) is 0. The second kappa shape index (κ2) is 13.4. The third-order valence-corrected chi connectivity index (χ3v) is 5.88. The van der Waals surface area contributed by atoms with Crippen molar-refractivity contribution in [1.29, 1.82) is 0 Å². The van der Waals surface area contributed by atoms with Crippen LogP contribution in [0.4, 0.5) is 4.39 Å². The molecule has 0 aromatic heterocycles. The lowest BCUT2D eigenvalue weighted by molar-refractivity contribution is 0.317. The van der Waals surface area contributed by atoms with E-state index in [9.17, 15) is 4.39 Å². The molecule has 0 bridgehead atoms. The minimum absolute atomic E-state index is 0.174. The van der Waals surface area contributed by atoms with Crippen LogP contribution in [0.2, 0.25) is 0 Å². The first-order valence-electron chi connectivity index (χ1n) is 10.5. The largest absolute Gasteiger partial charge is 0.207 e. The van der Waals surface area contributed by atoms with E-state index in [0.717, 1.165) is 30.8 Å². The summed E-state index contributed by atoms with van der Waals surface area (Å²) in [5.41, 5.74) is 1.53. The van der Waals surface area contributed by atoms with Crippen molar-refractivity contribution in [2.24, 2.45) is 23.7 Å². The summed E-state index contributed by atoms with van der Waals surface area (Å²) in [5, 5.41) is 0. The van der Waals surface area contributed by atoms with Gasteiger partial charge in [0.25, 0.3) is 0 Å². The molecule has 0 rings (SSSR count). The SMILES string of the molecule is C=C(/C=C(/F)C(=C)C(C)CCC(C)C(C)CCCC)C(C)CCCC. The fourth-order valence-electron chi connectivity index (χ4n) is 3.11. The maximum absolute atomic E-state index is 14.5. The van der Waals surface area contributed by atoms with Crippen LogP contribution >= 0.6 is 0 Å². The van der Waals surface area contributed by atoms with E-state index in [1.165, 1.54) is 32.1 Å². The minimum atomic E-state index is -0.174. The van der Waals surface area contributed by atoms with Crippen molar-refractivity contribution in [2.75, 3.05) is 0 Å². The van der Waals surface area contributed by atoms with Gasteiger partial charge in [0, 0.05) is 0 Å². The van der Waals surface area contributed by atoms with Crippen LogP contribution in [0.15, 0.2) is 36.2 Å². The summed E-state index contributed by atoms with van der Waals surface area (Å²) in [7, 11) is 0. The van der Waals surface area contributed by atoms with Gasteiger partial charge in [-0.05, 0) is 60.2 Å². The van der Waals surface area contributed by atoms with Crippen molar-refractivity contribution >= 4 is 0 Å². The fourth-order valence-corrected chi connectivity index (χ4v) is 3.11. The summed E-state index contributed by atoms with van der Waals surface area (Å²) in [4.78, 5) is 0. The van der Waals surface area contributed by atoms with Gasteiger partial charge in [-0.3, -0.25) is 0 Å². The first-order valence-corrected chi connectivity index (χ1v) is 10.5. The Kier molecular flexibility index (Phi) is 12.9. The van der Waals surface area contributed by atoms with Crippen LogP contribution in [0.3, 0.4) is 0 Å². The number of allylic oxidation sites excluding steroid dienone is 4. The zero-order valence-electron chi connectivity index (χ0n) is 17.8. The molecule has 0 N–H and O–H groups in total. The zero-order chi connectivity index (χ0) is 19.4. The monoisotopic (exact) mass is 350 g/mol. The molecule has 4 atom stereocenters. The Bertz CT molecular complexity index is 418. The third kappa shape index (κ3) is 10.0. The maximum atomic E-state index is 14.5. The Hall–Kier alpha value is -0.850. The normalized spacial score (nSPS) is 17.0. The van der Waals surface area contributed by atoms with Gasteiger partial charge < -0.3 is 0 Å². The molecule has 0 heterocycles. The van der Waals surface area contributed by atoms with Crippen LogP contribution in [0.25, 0.3) is 0 Å². The van der Waals surface area contributed by atoms with Gasteiger partial charge in [0.1, 0.15) is 5.83 Å². The van der Waals surface area contributed by atoms with Gasteiger partial charge in [-0.1, -0.05) is 86.8 Å². The first kappa shape index (κ1) is 24.1. The molecule has 25 heavy (non-hydrogen) atoms. The van der Waals surface area contributed by atoms with Gasteiger partial charge >= 0.3 is 0 Å². The Morgan fingerprint density at radius 2 is 1.32 bits per heavy atom. The highest BCUT2D eigenvalue weighted by atomic mass is 19.1. The molecule has 0 aliphatic carbocycles. The van der Waals surface area contributed by atoms with Crippen LogP contribution < -0.4 is 0 Å². The Balaban J connectivity index is 4.47. The van der Waals surface area contributed by atoms with Crippen LogP contribution in [-0.2, 0) is 0 Å². The molecule has 0 fully saturated rings. The third-order valence-electron chi connectivity index (χ3n) is 5.88. The van der Waals surface area contributed by atoms with Gasteiger partial charge in [-0.2, -0.15) is 0 Å². The molecule has 0 spiro atoms. The minimum Gasteiger partial charge on any atom is -0.207 e. The Morgan fingerprint density at radius 3 is 1.88 bits per heavy atom. The van der Waals surface area contributed by atoms with Crippen LogP contribution in [0.5, 0.6) is 0 Å². The molecule has 0 nitrogen and oxygen atoms in total. The molecule has 0 aliphatic rings. The van der Waals surface area contributed by atoms with Crippen molar-refractivity contribution in [1.82, 2.24) is 0 Å². The maximum Gasteiger partial charge on any atom is 0.126 e. The van der Waals surface area contributed by atoms with Crippen molar-refractivity contribution < 1.29 is 4.39 Å². The smallest absolute Gasteiger partial charge is 0.126 e. The number of hydrogen-bond donors (Lipinski definition) is 0. The van der Waals surface area contributed by atoms with Gasteiger partial charge in [0.15, 0.2) is 0 Å². The van der Waals surface area contributed by atoms with Crippen molar-refractivity contribution in [3.8, 4) is 0 Å². The highest BCUT2D eigenvalue weighted by Gasteiger charge is 2.17. The Morgan fingerprint density at radius 1 is 0.800 bits per heavy atom. The van der Waals surface area contributed by atoms with E-state index in [1.54, 1.807) is 6.08 Å². The van der Waals surface area contributed by atoms with Gasteiger partial charge in [-0.15, -0.1) is 0 Å². The van der Waals surface area contributed by atoms with E-state index in [1.807, 2.05) is 0 Å². The number of halogens is 1. The average molecular weight is 351 g/mol. The predicted octanol–water partition coefficient (Wildman–Crippen LogP) is 8.66. The standard InChI is InChI=1S/C24H43F/c1-9-11-13-18(3)20(5)15-16-21(6)23(8)24(25)17-22(7)19(4)14-12-10-2/h17-21H,7-16H2,1-6H3/b24-17+. The lowest BCUT2D eigenvalue weighted by atomic mass is 9.84. The lowest BCUT2D eigenvalue weighted by Gasteiger charge is -2.22. The topological polar surface area (TPSA) is 0 Å². The molecule has 1 heteroatoms. The van der Waals surface area contributed by atoms with Crippen LogP contribution in [0.1, 0.15) is 92.9 Å². The number of rotatable bonds is 14. The summed E-state index contributed by atoms with van der Waals surface area (Å²) in [6.07, 6.45) is 11.1. The summed E-state index contributed by atoms with van der Waals surface area (Å²) in [5.74, 6) is 1.80. The quantitative estimate of drug-likeness (QED) is 0.275. The molecule has 0 saturated heterocycles. The van der Waals surface area contributed by atoms with Crippen molar-refractivity contribution in [3.63, 3.8) is 0 Å². The summed E-state index contributed by atoms with van der Waals surface area (Å²) in [6.45, 7) is 21.4.